The second-order valence-corrected chi connectivity index (χ2v) is 7.70. The van der Waals surface area contributed by atoms with Gasteiger partial charge in [-0.2, -0.15) is 0 Å². The van der Waals surface area contributed by atoms with Gasteiger partial charge in [0.15, 0.2) is 6.80 Å². The van der Waals surface area contributed by atoms with Gasteiger partial charge >= 0.3 is 0 Å². The molecule has 9 nitrogen and oxygen atoms in total. The van der Waals surface area contributed by atoms with E-state index in [0.717, 1.165) is 5.57 Å². The van der Waals surface area contributed by atoms with E-state index < -0.39 is 14.6 Å². The molecule has 0 aromatic carbocycles. The molecule has 1 unspecified atom stereocenters. The Morgan fingerprint density at radius 2 is 1.59 bits per heavy atom. The fourth-order valence-corrected chi connectivity index (χ4v) is 4.13. The Hall–Kier alpha value is 0.270. The summed E-state index contributed by atoms with van der Waals surface area (Å²) < 4.78 is 24.2. The van der Waals surface area contributed by atoms with Crippen LogP contribution in [-0.2, 0) is 13.4 Å². The molecule has 0 aromatic rings. The number of hydrogen-bond acceptors (Lipinski definition) is 7. The van der Waals surface area contributed by atoms with Gasteiger partial charge in [0.25, 0.3) is 0 Å². The van der Waals surface area contributed by atoms with Crippen LogP contribution < -0.4 is 33.1 Å². The molecular weight excluding hydrogens is 292 g/mol. The lowest BCUT2D eigenvalue weighted by Gasteiger charge is -2.35. The molecule has 0 aromatic heterocycles. The molecule has 0 saturated carbocycles. The van der Waals surface area contributed by atoms with Crippen LogP contribution in [0.3, 0.4) is 0 Å². The smallest absolute Gasteiger partial charge is 0.196 e. The Morgan fingerprint density at radius 1 is 1.18 bits per heavy atom. The third-order valence-corrected chi connectivity index (χ3v) is 5.15. The molecule has 0 saturated heterocycles. The van der Waals surface area contributed by atoms with Crippen molar-refractivity contribution < 1.29 is 28.1 Å². The number of rotatable bonds is 5. The summed E-state index contributed by atoms with van der Waals surface area (Å²) in [5, 5.41) is 0. The number of quaternary nitrogens is 3. The molecule has 0 rings (SSSR count). The molecule has 0 aliphatic heterocycles. The molecule has 0 aliphatic carbocycles. The van der Waals surface area contributed by atoms with Crippen LogP contribution >= 0.6 is 26.0 Å². The summed E-state index contributed by atoms with van der Waals surface area (Å²) >= 11 is 0.263. The van der Waals surface area contributed by atoms with Crippen LogP contribution in [0.25, 0.3) is 0 Å². The largest absolute Gasteiger partial charge is 0.790 e. The summed E-state index contributed by atoms with van der Waals surface area (Å²) in [5.41, 5.74) is 0.880. The van der Waals surface area contributed by atoms with E-state index in [2.05, 4.69) is 4.31 Å². The van der Waals surface area contributed by atoms with Crippen LogP contribution in [0.15, 0.2) is 11.6 Å². The van der Waals surface area contributed by atoms with Gasteiger partial charge in [-0.3, -0.25) is 8.88 Å². The van der Waals surface area contributed by atoms with Crippen LogP contribution in [-0.4, -0.2) is 5.75 Å². The van der Waals surface area contributed by atoms with Crippen LogP contribution in [0.4, 0.5) is 0 Å². The second-order valence-electron chi connectivity index (χ2n) is 2.55. The first-order valence-corrected chi connectivity index (χ1v) is 8.04. The van der Waals surface area contributed by atoms with E-state index in [1.807, 2.05) is 0 Å². The molecule has 12 N–H and O–H groups in total. The van der Waals surface area contributed by atoms with Crippen molar-refractivity contribution in [1.29, 1.82) is 0 Å². The first kappa shape index (κ1) is 26.0. The number of allylic oxidation sites excluding steroid dienone is 1. The van der Waals surface area contributed by atoms with Crippen molar-refractivity contribution in [2.45, 2.75) is 13.8 Å². The van der Waals surface area contributed by atoms with E-state index in [1.54, 1.807) is 19.9 Å². The molecular formula is C5H21N3O6P2S. The van der Waals surface area contributed by atoms with Crippen LogP contribution in [0.1, 0.15) is 13.8 Å². The first-order valence-electron chi connectivity index (χ1n) is 3.45. The topological polar surface area (TPSA) is 222 Å². The van der Waals surface area contributed by atoms with E-state index in [0.29, 0.717) is 0 Å². The maximum absolute atomic E-state index is 10.8. The fourth-order valence-electron chi connectivity index (χ4n) is 0.441. The molecule has 0 bridgehead atoms. The van der Waals surface area contributed by atoms with Crippen LogP contribution in [0.2, 0.25) is 0 Å². The first-order chi connectivity index (χ1) is 6.12. The highest BCUT2D eigenvalue weighted by Gasteiger charge is 2.10. The quantitative estimate of drug-likeness (QED) is 0.494. The van der Waals surface area contributed by atoms with Gasteiger partial charge in [-0.25, -0.2) is 0 Å². The molecule has 0 heterocycles. The maximum atomic E-state index is 10.8. The number of phosphoric acid groups is 1. The molecule has 108 valence electrons. The fraction of sp³-hybridized carbons (Fsp3) is 0.600. The Kier molecular flexibility index (Phi) is 15.6. The molecule has 0 aliphatic rings. The highest BCUT2D eigenvalue weighted by atomic mass is 32.7. The summed E-state index contributed by atoms with van der Waals surface area (Å²) in [6.07, 6.45) is 1.57. The van der Waals surface area contributed by atoms with Gasteiger partial charge in [0.05, 0.1) is 7.82 Å². The lowest BCUT2D eigenvalue weighted by molar-refractivity contribution is -0.337. The van der Waals surface area contributed by atoms with Gasteiger partial charge in [-0.05, 0) is 13.8 Å². The Morgan fingerprint density at radius 3 is 1.88 bits per heavy atom. The maximum Gasteiger partial charge on any atom is 0.196 e. The molecule has 0 radical (unpaired) electrons. The average Bonchev–Trinajstić information content (AvgIpc) is 1.78. The minimum Gasteiger partial charge on any atom is -0.790 e. The van der Waals surface area contributed by atoms with Crippen LogP contribution in [0, 0.1) is 0 Å². The minimum atomic E-state index is -5.47. The summed E-state index contributed by atoms with van der Waals surface area (Å²) in [6, 6.07) is 0. The molecule has 1 atom stereocenters. The van der Waals surface area contributed by atoms with E-state index >= 15 is 0 Å². The van der Waals surface area contributed by atoms with Gasteiger partial charge in [0, 0.05) is 5.75 Å². The van der Waals surface area contributed by atoms with Gasteiger partial charge in [0.1, 0.15) is 0 Å². The van der Waals surface area contributed by atoms with Gasteiger partial charge in [-0.1, -0.05) is 23.0 Å². The zero-order valence-electron chi connectivity index (χ0n) is 10.5. The third kappa shape index (κ3) is 18.8. The Labute approximate surface area is 104 Å². The summed E-state index contributed by atoms with van der Waals surface area (Å²) in [4.78, 5) is 30.8. The lowest BCUT2D eigenvalue weighted by Crippen LogP contribution is -2.17. The van der Waals surface area contributed by atoms with Gasteiger partial charge < -0.3 is 37.7 Å². The highest BCUT2D eigenvalue weighted by Crippen LogP contribution is 2.59. The minimum absolute atomic E-state index is 0. The van der Waals surface area contributed by atoms with Crippen molar-refractivity contribution in [3.63, 3.8) is 0 Å². The standard InChI is InChI=1S/C5H12O6P2S.3H3N/c1-5(2)3-4-14-13(9,10)11-12(6,7)8;;;/h3H,4H2,1-2H3,(H,9,10)(H2,6,7,8);3*1H3. The normalized spacial score (nSPS) is 13.2. The summed E-state index contributed by atoms with van der Waals surface area (Å²) in [7, 11) is -5.47. The summed E-state index contributed by atoms with van der Waals surface area (Å²) in [6.45, 7) is -1.13. The predicted octanol–water partition coefficient (Wildman–Crippen LogP) is 1.13. The average molecular weight is 313 g/mol. The molecule has 0 spiro atoms. The second kappa shape index (κ2) is 10.2. The predicted molar refractivity (Wildman–Crippen MR) is 66.1 cm³/mol. The van der Waals surface area contributed by atoms with Gasteiger partial charge in [-0.15, -0.1) is 0 Å². The SMILES string of the molecule is CC(C)=CCSP(=O)([O-])OP(=O)([O-])[O-].[NH4+].[NH4+].[NH4+]. The van der Waals surface area contributed by atoms with Gasteiger partial charge in [0.2, 0.25) is 0 Å². The molecule has 0 fully saturated rings. The monoisotopic (exact) mass is 313 g/mol. The Balaban J connectivity index is -0.000000282. The zero-order chi connectivity index (χ0) is 11.4. The Bertz CT molecular complexity index is 315. The van der Waals surface area contributed by atoms with E-state index in [1.165, 1.54) is 0 Å². The molecule has 0 amide bonds. The van der Waals surface area contributed by atoms with E-state index in [-0.39, 0.29) is 35.6 Å². The number of hydrogen-bond donors (Lipinski definition) is 3. The van der Waals surface area contributed by atoms with Crippen molar-refractivity contribution in [2.75, 3.05) is 5.75 Å². The van der Waals surface area contributed by atoms with E-state index in [4.69, 9.17) is 0 Å². The van der Waals surface area contributed by atoms with Crippen molar-refractivity contribution in [3.8, 4) is 0 Å². The van der Waals surface area contributed by atoms with E-state index in [9.17, 15) is 23.8 Å². The zero-order valence-corrected chi connectivity index (χ0v) is 13.1. The highest BCUT2D eigenvalue weighted by molar-refractivity contribution is 8.54. The lowest BCUT2D eigenvalue weighted by atomic mass is 10.3. The van der Waals surface area contributed by atoms with Crippen molar-refractivity contribution in [1.82, 2.24) is 18.5 Å². The van der Waals surface area contributed by atoms with Crippen molar-refractivity contribution in [2.24, 2.45) is 0 Å². The summed E-state index contributed by atoms with van der Waals surface area (Å²) in [5.74, 6) is 0.0448. The van der Waals surface area contributed by atoms with Crippen molar-refractivity contribution >= 4 is 26.0 Å². The third-order valence-electron chi connectivity index (χ3n) is 0.924. The van der Waals surface area contributed by atoms with Crippen LogP contribution in [0.5, 0.6) is 0 Å². The molecule has 12 heteroatoms. The molecule has 17 heavy (non-hydrogen) atoms. The van der Waals surface area contributed by atoms with Crippen molar-refractivity contribution in [3.05, 3.63) is 11.6 Å².